The highest BCUT2D eigenvalue weighted by Crippen LogP contribution is 2.08. The lowest BCUT2D eigenvalue weighted by Crippen LogP contribution is -2.34. The summed E-state index contributed by atoms with van der Waals surface area (Å²) < 4.78 is 0. The average Bonchev–Trinajstić information content (AvgIpc) is 2.63. The number of hydrogen-bond donors (Lipinski definition) is 3. The number of urea groups is 1. The molecule has 1 rings (SSSR count). The Bertz CT molecular complexity index is 364. The maximum absolute atomic E-state index is 11.0. The van der Waals surface area contributed by atoms with Crippen LogP contribution in [0.5, 0.6) is 0 Å². The Morgan fingerprint density at radius 1 is 1.53 bits per heavy atom. The van der Waals surface area contributed by atoms with Gasteiger partial charge in [0.25, 0.3) is 0 Å². The van der Waals surface area contributed by atoms with Crippen LogP contribution in [0.25, 0.3) is 0 Å². The van der Waals surface area contributed by atoms with Crippen molar-refractivity contribution in [2.75, 3.05) is 6.54 Å². The average molecular weight is 229 g/mol. The van der Waals surface area contributed by atoms with Crippen LogP contribution in [-0.2, 0) is 6.54 Å². The van der Waals surface area contributed by atoms with E-state index in [0.29, 0.717) is 11.6 Å². The number of carbonyl (C=O) groups is 2. The summed E-state index contributed by atoms with van der Waals surface area (Å²) in [5.74, 6) is -1.06. The fraction of sp³-hybridized carbons (Fsp3) is 0.375. The normalized spacial score (nSPS) is 9.67. The van der Waals surface area contributed by atoms with Crippen molar-refractivity contribution in [2.24, 2.45) is 0 Å². The van der Waals surface area contributed by atoms with Crippen LogP contribution < -0.4 is 10.6 Å². The predicted octanol–water partition coefficient (Wildman–Crippen LogP) is 0.660. The van der Waals surface area contributed by atoms with E-state index in [-0.39, 0.29) is 18.3 Å². The van der Waals surface area contributed by atoms with Crippen molar-refractivity contribution in [1.29, 1.82) is 0 Å². The minimum absolute atomic E-state index is 0.00713. The molecule has 0 fully saturated rings. The van der Waals surface area contributed by atoms with Gasteiger partial charge in [-0.05, 0) is 6.92 Å². The minimum Gasteiger partial charge on any atom is -0.476 e. The van der Waals surface area contributed by atoms with Gasteiger partial charge >= 0.3 is 12.0 Å². The third-order valence-electron chi connectivity index (χ3n) is 1.51. The number of thiazole rings is 1. The van der Waals surface area contributed by atoms with E-state index < -0.39 is 5.97 Å². The molecule has 0 spiro atoms. The summed E-state index contributed by atoms with van der Waals surface area (Å²) >= 11 is 1.20. The van der Waals surface area contributed by atoms with Crippen molar-refractivity contribution in [2.45, 2.75) is 13.5 Å². The van der Waals surface area contributed by atoms with E-state index in [4.69, 9.17) is 5.11 Å². The van der Waals surface area contributed by atoms with E-state index in [1.807, 2.05) is 6.92 Å². The van der Waals surface area contributed by atoms with Crippen molar-refractivity contribution >= 4 is 23.3 Å². The van der Waals surface area contributed by atoms with Gasteiger partial charge < -0.3 is 15.7 Å². The van der Waals surface area contributed by atoms with Gasteiger partial charge in [-0.25, -0.2) is 14.6 Å². The summed E-state index contributed by atoms with van der Waals surface area (Å²) in [7, 11) is 0. The molecule has 0 saturated carbocycles. The first-order chi connectivity index (χ1) is 7.13. The molecule has 1 heterocycles. The molecule has 0 unspecified atom stereocenters. The highest BCUT2D eigenvalue weighted by Gasteiger charge is 2.08. The van der Waals surface area contributed by atoms with Crippen LogP contribution in [0.2, 0.25) is 0 Å². The number of hydrogen-bond acceptors (Lipinski definition) is 4. The summed E-state index contributed by atoms with van der Waals surface area (Å²) in [6, 6.07) is -0.287. The minimum atomic E-state index is -1.06. The van der Waals surface area contributed by atoms with Crippen LogP contribution in [-0.4, -0.2) is 28.6 Å². The fourth-order valence-electron chi connectivity index (χ4n) is 0.869. The van der Waals surface area contributed by atoms with Crippen molar-refractivity contribution < 1.29 is 14.7 Å². The van der Waals surface area contributed by atoms with Gasteiger partial charge in [0.2, 0.25) is 0 Å². The number of carboxylic acids is 1. The SMILES string of the molecule is CCNC(=O)NCc1nc(C(=O)O)cs1. The van der Waals surface area contributed by atoms with E-state index in [2.05, 4.69) is 15.6 Å². The standard InChI is InChI=1S/C8H11N3O3S/c1-2-9-8(14)10-3-6-11-5(4-15-6)7(12)13/h4H,2-3H2,1H3,(H,12,13)(H2,9,10,14). The maximum Gasteiger partial charge on any atom is 0.355 e. The first kappa shape index (κ1) is 11.4. The number of nitrogens with zero attached hydrogens (tertiary/aromatic N) is 1. The highest BCUT2D eigenvalue weighted by molar-refractivity contribution is 7.09. The van der Waals surface area contributed by atoms with Crippen LogP contribution in [0.1, 0.15) is 22.4 Å². The lowest BCUT2D eigenvalue weighted by molar-refractivity contribution is 0.0691. The van der Waals surface area contributed by atoms with Gasteiger partial charge in [0.15, 0.2) is 5.69 Å². The molecule has 15 heavy (non-hydrogen) atoms. The quantitative estimate of drug-likeness (QED) is 0.707. The molecule has 3 N–H and O–H groups in total. The Hall–Kier alpha value is -1.63. The number of aromatic carboxylic acids is 1. The van der Waals surface area contributed by atoms with E-state index in [1.54, 1.807) is 0 Å². The smallest absolute Gasteiger partial charge is 0.355 e. The van der Waals surface area contributed by atoms with E-state index in [9.17, 15) is 9.59 Å². The lowest BCUT2D eigenvalue weighted by Gasteiger charge is -2.02. The predicted molar refractivity (Wildman–Crippen MR) is 55.0 cm³/mol. The summed E-state index contributed by atoms with van der Waals surface area (Å²) in [5, 5.41) is 15.7. The van der Waals surface area contributed by atoms with Crippen molar-refractivity contribution in [1.82, 2.24) is 15.6 Å². The second kappa shape index (κ2) is 5.30. The molecule has 82 valence electrons. The van der Waals surface area contributed by atoms with E-state index >= 15 is 0 Å². The Balaban J connectivity index is 2.44. The molecule has 0 saturated heterocycles. The molecule has 7 heteroatoms. The number of carboxylic acid groups (broad SMARTS) is 1. The molecular weight excluding hydrogens is 218 g/mol. The first-order valence-corrected chi connectivity index (χ1v) is 5.20. The molecule has 1 aromatic heterocycles. The molecule has 0 aliphatic heterocycles. The molecule has 2 amide bonds. The molecule has 6 nitrogen and oxygen atoms in total. The van der Waals surface area contributed by atoms with E-state index in [0.717, 1.165) is 0 Å². The Kier molecular flexibility index (Phi) is 4.04. The fourth-order valence-corrected chi connectivity index (χ4v) is 1.58. The Morgan fingerprint density at radius 2 is 2.27 bits per heavy atom. The highest BCUT2D eigenvalue weighted by atomic mass is 32.1. The zero-order valence-corrected chi connectivity index (χ0v) is 8.93. The number of aromatic nitrogens is 1. The Morgan fingerprint density at radius 3 is 2.80 bits per heavy atom. The van der Waals surface area contributed by atoms with Gasteiger partial charge in [0, 0.05) is 11.9 Å². The first-order valence-electron chi connectivity index (χ1n) is 4.33. The molecule has 0 atom stereocenters. The van der Waals surface area contributed by atoms with Gasteiger partial charge in [0.1, 0.15) is 5.01 Å². The van der Waals surface area contributed by atoms with Gasteiger partial charge in [-0.1, -0.05) is 0 Å². The third-order valence-corrected chi connectivity index (χ3v) is 2.36. The van der Waals surface area contributed by atoms with Crippen LogP contribution in [0.15, 0.2) is 5.38 Å². The van der Waals surface area contributed by atoms with Crippen LogP contribution in [0, 0.1) is 0 Å². The van der Waals surface area contributed by atoms with Crippen LogP contribution in [0.4, 0.5) is 4.79 Å². The third kappa shape index (κ3) is 3.55. The van der Waals surface area contributed by atoms with Gasteiger partial charge in [0.05, 0.1) is 6.54 Å². The second-order valence-electron chi connectivity index (χ2n) is 2.64. The molecule has 0 aliphatic carbocycles. The summed E-state index contributed by atoms with van der Waals surface area (Å²) in [6.07, 6.45) is 0. The van der Waals surface area contributed by atoms with Crippen molar-refractivity contribution in [3.05, 3.63) is 16.1 Å². The molecule has 1 aromatic rings. The summed E-state index contributed by atoms with van der Waals surface area (Å²) in [4.78, 5) is 25.3. The van der Waals surface area contributed by atoms with Crippen LogP contribution in [0.3, 0.4) is 0 Å². The Labute approximate surface area is 90.3 Å². The number of amides is 2. The van der Waals surface area contributed by atoms with Crippen molar-refractivity contribution in [3.8, 4) is 0 Å². The topological polar surface area (TPSA) is 91.3 Å². The molecule has 0 aliphatic rings. The number of nitrogens with one attached hydrogen (secondary N) is 2. The van der Waals surface area contributed by atoms with Gasteiger partial charge in [-0.2, -0.15) is 0 Å². The number of carbonyl (C=O) groups excluding carboxylic acids is 1. The molecule has 0 bridgehead atoms. The van der Waals surface area contributed by atoms with Crippen LogP contribution >= 0.6 is 11.3 Å². The maximum atomic E-state index is 11.0. The zero-order chi connectivity index (χ0) is 11.3. The van der Waals surface area contributed by atoms with Crippen molar-refractivity contribution in [3.63, 3.8) is 0 Å². The molecular formula is C8H11N3O3S. The molecule has 0 aromatic carbocycles. The summed E-state index contributed by atoms with van der Waals surface area (Å²) in [5.41, 5.74) is 0.00713. The lowest BCUT2D eigenvalue weighted by atomic mass is 10.5. The largest absolute Gasteiger partial charge is 0.476 e. The number of rotatable bonds is 4. The molecule has 0 radical (unpaired) electrons. The second-order valence-corrected chi connectivity index (χ2v) is 3.59. The van der Waals surface area contributed by atoms with Gasteiger partial charge in [-0.3, -0.25) is 0 Å². The van der Waals surface area contributed by atoms with Gasteiger partial charge in [-0.15, -0.1) is 11.3 Å². The summed E-state index contributed by atoms with van der Waals surface area (Å²) in [6.45, 7) is 2.60. The van der Waals surface area contributed by atoms with E-state index in [1.165, 1.54) is 16.7 Å². The monoisotopic (exact) mass is 229 g/mol. The zero-order valence-electron chi connectivity index (χ0n) is 8.11.